The highest BCUT2D eigenvalue weighted by molar-refractivity contribution is 5.85. The molecule has 0 aliphatic heterocycles. The molecule has 5 nitrogen and oxygen atoms in total. The van der Waals surface area contributed by atoms with E-state index in [4.69, 9.17) is 15.2 Å². The molecule has 1 rings (SSSR count). The fourth-order valence-electron chi connectivity index (χ4n) is 1.57. The number of rotatable bonds is 6. The molecule has 108 valence electrons. The van der Waals surface area contributed by atoms with Gasteiger partial charge in [0.25, 0.3) is 0 Å². The van der Waals surface area contributed by atoms with Crippen molar-refractivity contribution in [1.29, 1.82) is 0 Å². The van der Waals surface area contributed by atoms with Gasteiger partial charge in [-0.25, -0.2) is 0 Å². The number of methoxy groups -OCH3 is 2. The number of carbonyl (C=O) groups excluding carboxylic acids is 1. The minimum Gasteiger partial charge on any atom is -0.493 e. The van der Waals surface area contributed by atoms with Gasteiger partial charge >= 0.3 is 5.97 Å². The zero-order valence-corrected chi connectivity index (χ0v) is 12.2. The van der Waals surface area contributed by atoms with Gasteiger partial charge in [0, 0.05) is 6.04 Å². The molecule has 0 unspecified atom stereocenters. The molecule has 0 fully saturated rings. The molecule has 0 saturated carbocycles. The Bertz CT molecular complexity index is 412. The Hall–Kier alpha value is -1.46. The van der Waals surface area contributed by atoms with Crippen molar-refractivity contribution in [2.24, 2.45) is 5.73 Å². The third-order valence-electron chi connectivity index (χ3n) is 2.53. The van der Waals surface area contributed by atoms with Gasteiger partial charge in [-0.15, -0.1) is 12.4 Å². The van der Waals surface area contributed by atoms with Crippen LogP contribution in [-0.4, -0.2) is 26.8 Å². The number of ether oxygens (including phenoxy) is 3. The van der Waals surface area contributed by atoms with E-state index in [2.05, 4.69) is 4.74 Å². The summed E-state index contributed by atoms with van der Waals surface area (Å²) < 4.78 is 15.2. The molecule has 0 radical (unpaired) electrons. The van der Waals surface area contributed by atoms with E-state index in [0.717, 1.165) is 5.56 Å². The van der Waals surface area contributed by atoms with Crippen molar-refractivity contribution in [3.05, 3.63) is 23.8 Å². The van der Waals surface area contributed by atoms with Crippen molar-refractivity contribution in [2.45, 2.75) is 19.4 Å². The van der Waals surface area contributed by atoms with E-state index in [1.54, 1.807) is 19.2 Å². The lowest BCUT2D eigenvalue weighted by Crippen LogP contribution is -2.16. The van der Waals surface area contributed by atoms with Crippen LogP contribution in [-0.2, 0) is 9.53 Å². The summed E-state index contributed by atoms with van der Waals surface area (Å²) in [5, 5.41) is 0. The third-order valence-corrected chi connectivity index (χ3v) is 2.53. The van der Waals surface area contributed by atoms with E-state index in [0.29, 0.717) is 18.1 Å². The summed E-state index contributed by atoms with van der Waals surface area (Å²) in [4.78, 5) is 11.2. The maximum absolute atomic E-state index is 11.2. The summed E-state index contributed by atoms with van der Waals surface area (Å²) in [6, 6.07) is 4.97. The first-order valence-corrected chi connectivity index (χ1v) is 5.75. The summed E-state index contributed by atoms with van der Waals surface area (Å²) in [5.41, 5.74) is 6.73. The highest BCUT2D eigenvalue weighted by Gasteiger charge is 2.14. The first-order chi connectivity index (χ1) is 8.62. The Labute approximate surface area is 119 Å². The van der Waals surface area contributed by atoms with Gasteiger partial charge in [-0.05, 0) is 24.6 Å². The van der Waals surface area contributed by atoms with Crippen LogP contribution in [0.25, 0.3) is 0 Å². The lowest BCUT2D eigenvalue weighted by Gasteiger charge is -2.14. The van der Waals surface area contributed by atoms with Gasteiger partial charge in [0.15, 0.2) is 11.5 Å². The molecule has 1 aromatic carbocycles. The Morgan fingerprint density at radius 3 is 2.53 bits per heavy atom. The van der Waals surface area contributed by atoms with E-state index in [1.165, 1.54) is 7.11 Å². The van der Waals surface area contributed by atoms with Crippen LogP contribution >= 0.6 is 12.4 Å². The van der Waals surface area contributed by atoms with Gasteiger partial charge in [-0.3, -0.25) is 4.79 Å². The molecule has 0 aliphatic rings. The second-order valence-electron chi connectivity index (χ2n) is 3.73. The van der Waals surface area contributed by atoms with Crippen LogP contribution in [0, 0.1) is 0 Å². The molecule has 1 aromatic rings. The molecule has 0 bridgehead atoms. The number of esters is 1. The minimum absolute atomic E-state index is 0. The van der Waals surface area contributed by atoms with E-state index >= 15 is 0 Å². The average molecular weight is 290 g/mol. The standard InChI is InChI=1S/C13H19NO4.ClH/c1-4-18-11-6-5-9(7-12(11)16-2)10(14)8-13(15)17-3;/h5-7,10H,4,8,14H2,1-3H3;1H/t10-;/m1./s1. The Kier molecular flexibility index (Phi) is 7.95. The van der Waals surface area contributed by atoms with E-state index in [-0.39, 0.29) is 24.8 Å². The second-order valence-corrected chi connectivity index (χ2v) is 3.73. The number of halogens is 1. The van der Waals surface area contributed by atoms with Gasteiger partial charge in [0.1, 0.15) is 0 Å². The van der Waals surface area contributed by atoms with Crippen LogP contribution in [0.4, 0.5) is 0 Å². The smallest absolute Gasteiger partial charge is 0.307 e. The zero-order valence-electron chi connectivity index (χ0n) is 11.3. The number of hydrogen-bond acceptors (Lipinski definition) is 5. The number of carbonyl (C=O) groups is 1. The van der Waals surface area contributed by atoms with Crippen molar-refractivity contribution in [1.82, 2.24) is 0 Å². The molecule has 19 heavy (non-hydrogen) atoms. The summed E-state index contributed by atoms with van der Waals surface area (Å²) in [5.74, 6) is 0.930. The highest BCUT2D eigenvalue weighted by atomic mass is 35.5. The Morgan fingerprint density at radius 2 is 2.00 bits per heavy atom. The maximum atomic E-state index is 11.2. The largest absolute Gasteiger partial charge is 0.493 e. The van der Waals surface area contributed by atoms with Gasteiger partial charge < -0.3 is 19.9 Å². The lowest BCUT2D eigenvalue weighted by atomic mass is 10.0. The third kappa shape index (κ3) is 4.96. The SMILES string of the molecule is CCOc1ccc([C@H](N)CC(=O)OC)cc1OC.Cl. The minimum atomic E-state index is -0.415. The van der Waals surface area contributed by atoms with E-state index < -0.39 is 6.04 Å². The van der Waals surface area contributed by atoms with Crippen LogP contribution in [0.5, 0.6) is 11.5 Å². The van der Waals surface area contributed by atoms with Crippen molar-refractivity contribution >= 4 is 18.4 Å². The van der Waals surface area contributed by atoms with Crippen LogP contribution in [0.3, 0.4) is 0 Å². The van der Waals surface area contributed by atoms with Crippen LogP contribution < -0.4 is 15.2 Å². The molecule has 0 aromatic heterocycles. The fraction of sp³-hybridized carbons (Fsp3) is 0.462. The molecule has 2 N–H and O–H groups in total. The topological polar surface area (TPSA) is 70.8 Å². The highest BCUT2D eigenvalue weighted by Crippen LogP contribution is 2.30. The number of hydrogen-bond donors (Lipinski definition) is 1. The average Bonchev–Trinajstić information content (AvgIpc) is 2.39. The maximum Gasteiger partial charge on any atom is 0.307 e. The van der Waals surface area contributed by atoms with Crippen molar-refractivity contribution in [3.63, 3.8) is 0 Å². The predicted molar refractivity (Wildman–Crippen MR) is 75.0 cm³/mol. The van der Waals surface area contributed by atoms with Gasteiger partial charge in [0.2, 0.25) is 0 Å². The number of nitrogens with two attached hydrogens (primary N) is 1. The normalized spacial score (nSPS) is 11.2. The first kappa shape index (κ1) is 17.5. The summed E-state index contributed by atoms with van der Waals surface area (Å²) >= 11 is 0. The van der Waals surface area contributed by atoms with Crippen molar-refractivity contribution in [3.8, 4) is 11.5 Å². The predicted octanol–water partition coefficient (Wildman–Crippen LogP) is 2.08. The van der Waals surface area contributed by atoms with Crippen LogP contribution in [0.1, 0.15) is 24.9 Å². The Balaban J connectivity index is 0.00000324. The molecule has 0 saturated heterocycles. The van der Waals surface area contributed by atoms with Crippen LogP contribution in [0.2, 0.25) is 0 Å². The molecule has 0 amide bonds. The summed E-state index contributed by atoms with van der Waals surface area (Å²) in [7, 11) is 2.90. The molecule has 0 spiro atoms. The van der Waals surface area contributed by atoms with Gasteiger partial charge in [-0.1, -0.05) is 6.07 Å². The molecule has 0 heterocycles. The molecular weight excluding hydrogens is 270 g/mol. The second kappa shape index (κ2) is 8.61. The fourth-order valence-corrected chi connectivity index (χ4v) is 1.57. The summed E-state index contributed by atoms with van der Waals surface area (Å²) in [6.45, 7) is 2.46. The van der Waals surface area contributed by atoms with Crippen molar-refractivity contribution < 1.29 is 19.0 Å². The van der Waals surface area contributed by atoms with Gasteiger partial charge in [0.05, 0.1) is 27.2 Å². The molecule has 0 aliphatic carbocycles. The Morgan fingerprint density at radius 1 is 1.32 bits per heavy atom. The molecule has 1 atom stereocenters. The van der Waals surface area contributed by atoms with E-state index in [9.17, 15) is 4.79 Å². The monoisotopic (exact) mass is 289 g/mol. The molecule has 6 heteroatoms. The molecular formula is C13H20ClNO4. The van der Waals surface area contributed by atoms with Crippen LogP contribution in [0.15, 0.2) is 18.2 Å². The number of benzene rings is 1. The first-order valence-electron chi connectivity index (χ1n) is 5.75. The quantitative estimate of drug-likeness (QED) is 0.812. The lowest BCUT2D eigenvalue weighted by molar-refractivity contribution is -0.141. The van der Waals surface area contributed by atoms with Gasteiger partial charge in [-0.2, -0.15) is 0 Å². The van der Waals surface area contributed by atoms with Crippen molar-refractivity contribution in [2.75, 3.05) is 20.8 Å². The summed E-state index contributed by atoms with van der Waals surface area (Å²) in [6.07, 6.45) is 0.133. The zero-order chi connectivity index (χ0) is 13.5. The van der Waals surface area contributed by atoms with E-state index in [1.807, 2.05) is 13.0 Å².